The predicted molar refractivity (Wildman–Crippen MR) is 135 cm³/mol. The van der Waals surface area contributed by atoms with E-state index in [0.29, 0.717) is 29.2 Å². The van der Waals surface area contributed by atoms with Crippen molar-refractivity contribution < 1.29 is 14.4 Å². The predicted octanol–water partition coefficient (Wildman–Crippen LogP) is 4.30. The van der Waals surface area contributed by atoms with Gasteiger partial charge in [-0.05, 0) is 30.7 Å². The first-order valence-corrected chi connectivity index (χ1v) is 11.3. The van der Waals surface area contributed by atoms with Crippen LogP contribution in [0.1, 0.15) is 29.8 Å². The zero-order valence-electron chi connectivity index (χ0n) is 19.8. The van der Waals surface area contributed by atoms with Gasteiger partial charge < -0.3 is 20.4 Å². The fourth-order valence-electron chi connectivity index (χ4n) is 3.70. The zero-order chi connectivity index (χ0) is 24.7. The number of hydrogen-bond acceptors (Lipinski definition) is 6. The van der Waals surface area contributed by atoms with E-state index in [2.05, 4.69) is 22.4 Å². The molecular formula is C27H32N4O3. The third-order valence-electron chi connectivity index (χ3n) is 5.85. The molecule has 0 saturated heterocycles. The molecular weight excluding hydrogens is 428 g/mol. The van der Waals surface area contributed by atoms with Crippen molar-refractivity contribution >= 4 is 11.6 Å². The standard InChI is InChI=1S/C27H32N4O3/c1-5-26(29-4)30-27(33)21-8-6-7-20(14-21)24-15-25(34-31-24)19-11-9-18(10-12-19)13-23(28)22(16-32)17(2)3/h5-12,14-15,17,22,26,28-29,32H,1,13,16H2,2-4H3,(H,30,33). The Labute approximate surface area is 200 Å². The van der Waals surface area contributed by atoms with E-state index < -0.39 is 0 Å². The summed E-state index contributed by atoms with van der Waals surface area (Å²) in [5.41, 5.74) is 4.32. The third kappa shape index (κ3) is 6.07. The Balaban J connectivity index is 1.72. The molecule has 0 aliphatic rings. The summed E-state index contributed by atoms with van der Waals surface area (Å²) in [5, 5.41) is 27.8. The summed E-state index contributed by atoms with van der Waals surface area (Å²) in [6, 6.07) is 16.8. The highest BCUT2D eigenvalue weighted by Crippen LogP contribution is 2.27. The Hall–Kier alpha value is -3.55. The van der Waals surface area contributed by atoms with Gasteiger partial charge in [0.15, 0.2) is 5.76 Å². The highest BCUT2D eigenvalue weighted by Gasteiger charge is 2.18. The van der Waals surface area contributed by atoms with Crippen molar-refractivity contribution in [3.63, 3.8) is 0 Å². The second-order valence-electron chi connectivity index (χ2n) is 8.56. The maximum absolute atomic E-state index is 12.5. The highest BCUT2D eigenvalue weighted by atomic mass is 16.5. The molecule has 3 aromatic rings. The molecule has 1 heterocycles. The monoisotopic (exact) mass is 460 g/mol. The van der Waals surface area contributed by atoms with Crippen LogP contribution in [0, 0.1) is 17.2 Å². The number of aromatic nitrogens is 1. The van der Waals surface area contributed by atoms with Gasteiger partial charge in [0.2, 0.25) is 0 Å². The summed E-state index contributed by atoms with van der Waals surface area (Å²) in [4.78, 5) is 12.5. The normalized spacial score (nSPS) is 12.9. The summed E-state index contributed by atoms with van der Waals surface area (Å²) < 4.78 is 5.56. The molecule has 2 unspecified atom stereocenters. The first kappa shape index (κ1) is 25.1. The zero-order valence-corrected chi connectivity index (χ0v) is 19.8. The van der Waals surface area contributed by atoms with Gasteiger partial charge >= 0.3 is 0 Å². The van der Waals surface area contributed by atoms with Crippen LogP contribution in [0.3, 0.4) is 0 Å². The van der Waals surface area contributed by atoms with Crippen molar-refractivity contribution in [1.82, 2.24) is 15.8 Å². The fraction of sp³-hybridized carbons (Fsp3) is 0.296. The number of carbonyl (C=O) groups excluding carboxylic acids is 1. The van der Waals surface area contributed by atoms with Crippen LogP contribution in [-0.4, -0.2) is 41.7 Å². The summed E-state index contributed by atoms with van der Waals surface area (Å²) in [6.07, 6.45) is 1.80. The Kier molecular flexibility index (Phi) is 8.51. The van der Waals surface area contributed by atoms with E-state index in [0.717, 1.165) is 16.7 Å². The van der Waals surface area contributed by atoms with Gasteiger partial charge in [-0.2, -0.15) is 0 Å². The van der Waals surface area contributed by atoms with Crippen molar-refractivity contribution in [2.75, 3.05) is 13.7 Å². The summed E-state index contributed by atoms with van der Waals surface area (Å²) in [6.45, 7) is 7.71. The van der Waals surface area contributed by atoms with Crippen molar-refractivity contribution in [3.8, 4) is 22.6 Å². The van der Waals surface area contributed by atoms with Gasteiger partial charge in [0.1, 0.15) is 5.69 Å². The highest BCUT2D eigenvalue weighted by molar-refractivity contribution is 5.95. The van der Waals surface area contributed by atoms with Gasteiger partial charge in [0, 0.05) is 40.8 Å². The molecule has 34 heavy (non-hydrogen) atoms. The maximum Gasteiger partial charge on any atom is 0.252 e. The number of rotatable bonds is 11. The SMILES string of the molecule is C=CC(NC)NC(=O)c1cccc(-c2cc(-c3ccc(CC(=N)C(CO)C(C)C)cc3)on2)c1. The lowest BCUT2D eigenvalue weighted by atomic mass is 9.88. The van der Waals surface area contributed by atoms with Gasteiger partial charge in [0.25, 0.3) is 5.91 Å². The van der Waals surface area contributed by atoms with E-state index in [4.69, 9.17) is 9.93 Å². The largest absolute Gasteiger partial charge is 0.396 e. The molecule has 0 aliphatic heterocycles. The van der Waals surface area contributed by atoms with Crippen LogP contribution in [0.4, 0.5) is 0 Å². The second-order valence-corrected chi connectivity index (χ2v) is 8.56. The lowest BCUT2D eigenvalue weighted by molar-refractivity contribution is 0.0940. The molecule has 178 valence electrons. The Bertz CT molecular complexity index is 1130. The Morgan fingerprint density at radius 1 is 1.18 bits per heavy atom. The van der Waals surface area contributed by atoms with E-state index >= 15 is 0 Å². The molecule has 2 aromatic carbocycles. The van der Waals surface area contributed by atoms with Gasteiger partial charge in [0.05, 0.1) is 12.8 Å². The molecule has 4 N–H and O–H groups in total. The quantitative estimate of drug-likeness (QED) is 0.194. The van der Waals surface area contributed by atoms with Crippen LogP contribution in [0.25, 0.3) is 22.6 Å². The number of likely N-dealkylation sites (N-methyl/N-ethyl adjacent to an activating group) is 1. The molecule has 0 spiro atoms. The van der Waals surface area contributed by atoms with E-state index in [1.807, 2.05) is 50.2 Å². The number of amides is 1. The number of nitrogens with zero attached hydrogens (tertiary/aromatic N) is 1. The van der Waals surface area contributed by atoms with Crippen LogP contribution in [0.2, 0.25) is 0 Å². The minimum atomic E-state index is -0.318. The summed E-state index contributed by atoms with van der Waals surface area (Å²) in [5.74, 6) is 0.492. The van der Waals surface area contributed by atoms with E-state index in [1.54, 1.807) is 31.3 Å². The number of nitrogens with one attached hydrogen (secondary N) is 3. The molecule has 0 saturated carbocycles. The lowest BCUT2D eigenvalue weighted by Gasteiger charge is -2.19. The second kappa shape index (κ2) is 11.5. The maximum atomic E-state index is 12.5. The van der Waals surface area contributed by atoms with Gasteiger partial charge in [-0.3, -0.25) is 10.1 Å². The molecule has 0 radical (unpaired) electrons. The topological polar surface area (TPSA) is 111 Å². The minimum Gasteiger partial charge on any atom is -0.396 e. The van der Waals surface area contributed by atoms with Crippen LogP contribution in [-0.2, 0) is 6.42 Å². The number of benzene rings is 2. The molecule has 1 amide bonds. The van der Waals surface area contributed by atoms with Crippen molar-refractivity contribution in [1.29, 1.82) is 5.41 Å². The average Bonchev–Trinajstić information content (AvgIpc) is 3.33. The third-order valence-corrected chi connectivity index (χ3v) is 5.85. The summed E-state index contributed by atoms with van der Waals surface area (Å²) in [7, 11) is 1.74. The van der Waals surface area contributed by atoms with Gasteiger partial charge in [-0.1, -0.05) is 68.1 Å². The van der Waals surface area contributed by atoms with Crippen molar-refractivity contribution in [2.24, 2.45) is 11.8 Å². The molecule has 0 aliphatic carbocycles. The van der Waals surface area contributed by atoms with Crippen LogP contribution < -0.4 is 10.6 Å². The van der Waals surface area contributed by atoms with Crippen LogP contribution >= 0.6 is 0 Å². The number of aliphatic hydroxyl groups is 1. The Morgan fingerprint density at radius 2 is 1.91 bits per heavy atom. The molecule has 0 fully saturated rings. The van der Waals surface area contributed by atoms with Gasteiger partial charge in [-0.25, -0.2) is 0 Å². The summed E-state index contributed by atoms with van der Waals surface area (Å²) >= 11 is 0. The first-order chi connectivity index (χ1) is 16.4. The molecule has 7 nitrogen and oxygen atoms in total. The van der Waals surface area contributed by atoms with Crippen molar-refractivity contribution in [3.05, 3.63) is 78.4 Å². The number of carbonyl (C=O) groups is 1. The smallest absolute Gasteiger partial charge is 0.252 e. The number of hydrogen-bond donors (Lipinski definition) is 4. The lowest BCUT2D eigenvalue weighted by Crippen LogP contribution is -2.42. The first-order valence-electron chi connectivity index (χ1n) is 11.3. The molecule has 1 aromatic heterocycles. The number of aliphatic hydroxyl groups excluding tert-OH is 1. The van der Waals surface area contributed by atoms with Crippen LogP contribution in [0.15, 0.2) is 71.8 Å². The molecule has 3 rings (SSSR count). The van der Waals surface area contributed by atoms with E-state index in [9.17, 15) is 9.90 Å². The van der Waals surface area contributed by atoms with Gasteiger partial charge in [-0.15, -0.1) is 0 Å². The van der Waals surface area contributed by atoms with E-state index in [1.165, 1.54) is 0 Å². The Morgan fingerprint density at radius 3 is 2.53 bits per heavy atom. The van der Waals surface area contributed by atoms with Crippen molar-refractivity contribution in [2.45, 2.75) is 26.4 Å². The van der Waals surface area contributed by atoms with Crippen LogP contribution in [0.5, 0.6) is 0 Å². The fourth-order valence-corrected chi connectivity index (χ4v) is 3.70. The average molecular weight is 461 g/mol. The molecule has 7 heteroatoms. The molecule has 2 atom stereocenters. The van der Waals surface area contributed by atoms with E-state index in [-0.39, 0.29) is 30.5 Å². The molecule has 0 bridgehead atoms. The minimum absolute atomic E-state index is 0.0113.